The van der Waals surface area contributed by atoms with E-state index in [1.54, 1.807) is 13.0 Å². The van der Waals surface area contributed by atoms with Gasteiger partial charge in [0.2, 0.25) is 0 Å². The van der Waals surface area contributed by atoms with E-state index in [-0.39, 0.29) is 15.8 Å². The zero-order chi connectivity index (χ0) is 20.9. The molecule has 2 aromatic heterocycles. The average Bonchev–Trinajstić information content (AvgIpc) is 3.41. The maximum atomic E-state index is 13.3. The Kier molecular flexibility index (Phi) is 4.70. The van der Waals surface area contributed by atoms with Gasteiger partial charge in [0, 0.05) is 26.9 Å². The minimum Gasteiger partial charge on any atom is -0.337 e. The number of benzene rings is 2. The first-order valence-corrected chi connectivity index (χ1v) is 11.7. The molecule has 7 nitrogen and oxygen atoms in total. The lowest BCUT2D eigenvalue weighted by Crippen LogP contribution is -2.14. The van der Waals surface area contributed by atoms with Gasteiger partial charge in [-0.05, 0) is 24.6 Å². The van der Waals surface area contributed by atoms with Crippen molar-refractivity contribution in [1.29, 1.82) is 0 Å². The van der Waals surface area contributed by atoms with Crippen molar-refractivity contribution in [2.45, 2.75) is 24.8 Å². The van der Waals surface area contributed by atoms with Crippen LogP contribution < -0.4 is 9.61 Å². The molecule has 0 amide bonds. The van der Waals surface area contributed by atoms with E-state index in [4.69, 9.17) is 25.9 Å². The van der Waals surface area contributed by atoms with Crippen LogP contribution in [-0.4, -0.2) is 13.6 Å². The molecule has 0 unspecified atom stereocenters. The molecule has 30 heavy (non-hydrogen) atoms. The third-order valence-electron chi connectivity index (χ3n) is 4.76. The van der Waals surface area contributed by atoms with E-state index < -0.39 is 10.0 Å². The predicted octanol–water partition coefficient (Wildman–Crippen LogP) is 5.07. The molecule has 10 heteroatoms. The van der Waals surface area contributed by atoms with E-state index >= 15 is 0 Å². The Morgan fingerprint density at radius 3 is 2.87 bits per heavy atom. The monoisotopic (exact) mass is 462 g/mol. The molecule has 0 radical (unpaired) electrons. The Bertz CT molecular complexity index is 1380. The summed E-state index contributed by atoms with van der Waals surface area (Å²) in [5, 5.41) is 4.48. The number of rotatable bonds is 5. The predicted molar refractivity (Wildman–Crippen MR) is 114 cm³/mol. The van der Waals surface area contributed by atoms with Gasteiger partial charge in [0.05, 0.1) is 0 Å². The fourth-order valence-electron chi connectivity index (χ4n) is 3.33. The highest BCUT2D eigenvalue weighted by Crippen LogP contribution is 2.38. The number of halogens is 1. The molecule has 0 spiro atoms. The largest absolute Gasteiger partial charge is 0.337 e. The number of sulfonamides is 1. The minimum atomic E-state index is -3.98. The van der Waals surface area contributed by atoms with Crippen molar-refractivity contribution in [2.24, 2.45) is 0 Å². The number of aromatic nitrogens is 1. The number of nitrogens with zero attached hydrogens (tertiary/aromatic N) is 1. The molecular formula is C20H15ClN2O5S2. The summed E-state index contributed by atoms with van der Waals surface area (Å²) >= 11 is 7.54. The van der Waals surface area contributed by atoms with Gasteiger partial charge in [0.25, 0.3) is 15.9 Å². The van der Waals surface area contributed by atoms with Crippen LogP contribution in [0.3, 0.4) is 0 Å². The average molecular weight is 463 g/mol. The quantitative estimate of drug-likeness (QED) is 0.416. The highest BCUT2D eigenvalue weighted by atomic mass is 35.5. The summed E-state index contributed by atoms with van der Waals surface area (Å²) in [4.78, 5) is 11.0. The van der Waals surface area contributed by atoms with Gasteiger partial charge in [-0.25, -0.2) is 13.1 Å². The van der Waals surface area contributed by atoms with E-state index in [9.17, 15) is 8.42 Å². The van der Waals surface area contributed by atoms with E-state index in [1.165, 1.54) is 11.3 Å². The van der Waals surface area contributed by atoms with Crippen LogP contribution in [0.25, 0.3) is 10.1 Å². The second-order valence-electron chi connectivity index (χ2n) is 6.83. The Labute approximate surface area is 181 Å². The van der Waals surface area contributed by atoms with Crippen LogP contribution in [0.2, 0.25) is 5.02 Å². The molecule has 1 aliphatic rings. The molecule has 2 aromatic carbocycles. The van der Waals surface area contributed by atoms with Crippen LogP contribution in [0.1, 0.15) is 21.7 Å². The summed E-state index contributed by atoms with van der Waals surface area (Å²) in [6.07, 6.45) is 0.412. The first kappa shape index (κ1) is 19.4. The van der Waals surface area contributed by atoms with Gasteiger partial charge in [0.15, 0.2) is 5.75 Å². The Morgan fingerprint density at radius 1 is 1.23 bits per heavy atom. The molecule has 5 rings (SSSR count). The molecule has 4 aromatic rings. The van der Waals surface area contributed by atoms with Crippen molar-refractivity contribution in [2.75, 3.05) is 4.72 Å². The van der Waals surface area contributed by atoms with Crippen LogP contribution >= 0.6 is 22.9 Å². The highest BCUT2D eigenvalue weighted by Gasteiger charge is 2.27. The number of hydrogen-bond donors (Lipinski definition) is 1. The molecule has 0 saturated carbocycles. The first-order chi connectivity index (χ1) is 14.4. The zero-order valence-electron chi connectivity index (χ0n) is 15.6. The number of anilines is 1. The smallest absolute Gasteiger partial charge is 0.266 e. The van der Waals surface area contributed by atoms with Crippen molar-refractivity contribution in [3.63, 3.8) is 0 Å². The summed E-state index contributed by atoms with van der Waals surface area (Å²) in [6, 6.07) is 13.1. The Morgan fingerprint density at radius 2 is 2.07 bits per heavy atom. The lowest BCUT2D eigenvalue weighted by molar-refractivity contribution is -0.194. The van der Waals surface area contributed by atoms with Crippen LogP contribution in [0, 0.1) is 6.92 Å². The normalized spacial score (nSPS) is 13.4. The summed E-state index contributed by atoms with van der Waals surface area (Å²) < 4.78 is 35.0. The van der Waals surface area contributed by atoms with Gasteiger partial charge >= 0.3 is 0 Å². The lowest BCUT2D eigenvalue weighted by atomic mass is 10.1. The summed E-state index contributed by atoms with van der Waals surface area (Å²) in [5.74, 6) is 0.554. The summed E-state index contributed by atoms with van der Waals surface area (Å²) in [7, 11) is -3.98. The van der Waals surface area contributed by atoms with Gasteiger partial charge in [-0.15, -0.1) is 11.3 Å². The van der Waals surface area contributed by atoms with Crippen LogP contribution in [0.15, 0.2) is 51.9 Å². The third kappa shape index (κ3) is 3.33. The molecule has 0 saturated heterocycles. The van der Waals surface area contributed by atoms with E-state index in [0.717, 1.165) is 15.8 Å². The molecular weight excluding hydrogens is 448 g/mol. The van der Waals surface area contributed by atoms with E-state index in [2.05, 4.69) is 9.88 Å². The highest BCUT2D eigenvalue weighted by molar-refractivity contribution is 7.93. The van der Waals surface area contributed by atoms with Gasteiger partial charge in [-0.1, -0.05) is 47.1 Å². The number of nitrogens with one attached hydrogen (secondary N) is 1. The van der Waals surface area contributed by atoms with Crippen molar-refractivity contribution < 1.29 is 22.7 Å². The van der Waals surface area contributed by atoms with E-state index in [1.807, 2.05) is 36.4 Å². The maximum Gasteiger partial charge on any atom is 0.266 e. The second-order valence-corrected chi connectivity index (χ2v) is 9.97. The fourth-order valence-corrected chi connectivity index (χ4v) is 6.48. The van der Waals surface area contributed by atoms with E-state index in [0.29, 0.717) is 34.7 Å². The molecule has 0 aliphatic carbocycles. The Balaban J connectivity index is 1.59. The number of fused-ring (bicyclic) bond motifs is 2. The second kappa shape index (κ2) is 7.28. The van der Waals surface area contributed by atoms with Crippen LogP contribution in [0.5, 0.6) is 5.75 Å². The zero-order valence-corrected chi connectivity index (χ0v) is 18.0. The van der Waals surface area contributed by atoms with Gasteiger partial charge in [-0.3, -0.25) is 0 Å². The van der Waals surface area contributed by atoms with Crippen LogP contribution in [0.4, 0.5) is 5.88 Å². The fraction of sp³-hybridized carbons (Fsp3) is 0.150. The van der Waals surface area contributed by atoms with Gasteiger partial charge in [0.1, 0.15) is 22.2 Å². The summed E-state index contributed by atoms with van der Waals surface area (Å²) in [6.45, 7) is 2.04. The topological polar surface area (TPSA) is 90.7 Å². The van der Waals surface area contributed by atoms with Gasteiger partial charge < -0.3 is 9.41 Å². The van der Waals surface area contributed by atoms with Crippen LogP contribution in [-0.2, 0) is 27.9 Å². The standard InChI is InChI=1S/C20H15ClN2O5S2/c1-11-18(21)20(27-22-11)23-30(24,25)19-14-4-2-3-5-16(14)29-17(19)9-12-6-7-13-10-26-28-15(13)8-12/h2-8,23H,9-10H2,1H3. The minimum absolute atomic E-state index is 0.0986. The summed E-state index contributed by atoms with van der Waals surface area (Å²) in [5.41, 5.74) is 2.28. The molecule has 0 bridgehead atoms. The number of thiophene rings is 1. The Hall–Kier alpha value is -2.59. The SMILES string of the molecule is Cc1noc(NS(=O)(=O)c2c(Cc3ccc4c(c3)OOC4)sc3ccccc23)c1Cl. The van der Waals surface area contributed by atoms with Crippen molar-refractivity contribution in [1.82, 2.24) is 5.16 Å². The molecule has 3 heterocycles. The molecule has 1 aliphatic heterocycles. The third-order valence-corrected chi connectivity index (χ3v) is 7.97. The van der Waals surface area contributed by atoms with Crippen molar-refractivity contribution >= 4 is 48.9 Å². The molecule has 0 fully saturated rings. The lowest BCUT2D eigenvalue weighted by Gasteiger charge is -2.08. The van der Waals surface area contributed by atoms with Crippen molar-refractivity contribution in [3.05, 3.63) is 69.2 Å². The first-order valence-electron chi connectivity index (χ1n) is 8.98. The molecule has 154 valence electrons. The number of aryl methyl sites for hydroxylation is 1. The number of hydrogen-bond acceptors (Lipinski definition) is 7. The molecule has 1 N–H and O–H groups in total. The van der Waals surface area contributed by atoms with Gasteiger partial charge in [-0.2, -0.15) is 4.89 Å². The van der Waals surface area contributed by atoms with Crippen molar-refractivity contribution in [3.8, 4) is 5.75 Å². The molecule has 0 atom stereocenters. The maximum absolute atomic E-state index is 13.3.